The lowest BCUT2D eigenvalue weighted by Gasteiger charge is -2.04. The van der Waals surface area contributed by atoms with Crippen LogP contribution in [-0.2, 0) is 0 Å². The molecule has 0 aliphatic heterocycles. The van der Waals surface area contributed by atoms with E-state index >= 15 is 0 Å². The molecule has 1 aromatic rings. The molecule has 0 aliphatic carbocycles. The zero-order valence-corrected chi connectivity index (χ0v) is 8.64. The average molecular weight is 180 g/mol. The first-order valence-corrected chi connectivity index (χ1v) is 4.51. The lowest BCUT2D eigenvalue weighted by atomic mass is 10.1. The Kier molecular flexibility index (Phi) is 3.12. The molecule has 0 aromatic carbocycles. The molecule has 3 heteroatoms. The highest BCUT2D eigenvalue weighted by atomic mass is 16.5. The summed E-state index contributed by atoms with van der Waals surface area (Å²) in [6, 6.07) is 0. The van der Waals surface area contributed by atoms with E-state index in [0.717, 1.165) is 29.1 Å². The van der Waals surface area contributed by atoms with Crippen LogP contribution >= 0.6 is 0 Å². The van der Waals surface area contributed by atoms with Crippen molar-refractivity contribution in [2.75, 3.05) is 7.05 Å². The van der Waals surface area contributed by atoms with Crippen molar-refractivity contribution in [1.29, 1.82) is 0 Å². The van der Waals surface area contributed by atoms with Crippen molar-refractivity contribution < 1.29 is 4.52 Å². The Hall–Kier alpha value is -1.25. The van der Waals surface area contributed by atoms with Crippen molar-refractivity contribution in [2.45, 2.75) is 27.2 Å². The normalized spacial score (nSPS) is 11.8. The molecular weight excluding hydrogens is 164 g/mol. The fourth-order valence-corrected chi connectivity index (χ4v) is 1.40. The second kappa shape index (κ2) is 4.12. The summed E-state index contributed by atoms with van der Waals surface area (Å²) < 4.78 is 5.09. The lowest BCUT2D eigenvalue weighted by Crippen LogP contribution is -2.05. The quantitative estimate of drug-likeness (QED) is 0.775. The van der Waals surface area contributed by atoms with Crippen molar-refractivity contribution in [3.8, 4) is 0 Å². The van der Waals surface area contributed by atoms with Gasteiger partial charge in [-0.3, -0.25) is 0 Å². The molecule has 13 heavy (non-hydrogen) atoms. The van der Waals surface area contributed by atoms with Gasteiger partial charge in [-0.05, 0) is 20.3 Å². The predicted molar refractivity (Wildman–Crippen MR) is 53.3 cm³/mol. The zero-order chi connectivity index (χ0) is 9.84. The molecule has 0 saturated heterocycles. The van der Waals surface area contributed by atoms with Crippen LogP contribution in [0.15, 0.2) is 10.6 Å². The van der Waals surface area contributed by atoms with E-state index in [1.165, 1.54) is 0 Å². The number of aromatic nitrogens is 1. The van der Waals surface area contributed by atoms with E-state index in [0.29, 0.717) is 0 Å². The maximum Gasteiger partial charge on any atom is 0.143 e. The minimum absolute atomic E-state index is 0.867. The maximum atomic E-state index is 5.09. The third kappa shape index (κ3) is 1.91. The number of hydrogen-bond acceptors (Lipinski definition) is 3. The van der Waals surface area contributed by atoms with Gasteiger partial charge in [0.15, 0.2) is 0 Å². The monoisotopic (exact) mass is 180 g/mol. The Balaban J connectivity index is 3.11. The van der Waals surface area contributed by atoms with Gasteiger partial charge in [-0.25, -0.2) is 0 Å². The fourth-order valence-electron chi connectivity index (χ4n) is 1.40. The molecule has 0 unspecified atom stereocenters. The molecule has 0 aliphatic rings. The van der Waals surface area contributed by atoms with E-state index in [-0.39, 0.29) is 0 Å². The zero-order valence-electron chi connectivity index (χ0n) is 8.64. The van der Waals surface area contributed by atoms with Gasteiger partial charge in [-0.1, -0.05) is 18.2 Å². The van der Waals surface area contributed by atoms with E-state index in [4.69, 9.17) is 4.52 Å². The first-order valence-electron chi connectivity index (χ1n) is 4.51. The summed E-state index contributed by atoms with van der Waals surface area (Å²) in [5, 5.41) is 7.06. The molecule has 1 heterocycles. The number of nitrogens with one attached hydrogen (secondary N) is 1. The number of allylic oxidation sites excluding steroid dienone is 1. The molecule has 1 rings (SSSR count). The van der Waals surface area contributed by atoms with Crippen molar-refractivity contribution >= 4 is 5.70 Å². The SMILES string of the molecule is CC/C=C(\NC)c1c(C)noc1C. The first kappa shape index (κ1) is 9.84. The molecular formula is C10H16N2O. The van der Waals surface area contributed by atoms with E-state index in [1.807, 2.05) is 20.9 Å². The summed E-state index contributed by atoms with van der Waals surface area (Å²) in [5.74, 6) is 0.867. The van der Waals surface area contributed by atoms with E-state index < -0.39 is 0 Å². The number of nitrogens with zero attached hydrogens (tertiary/aromatic N) is 1. The summed E-state index contributed by atoms with van der Waals surface area (Å²) in [5.41, 5.74) is 3.12. The van der Waals surface area contributed by atoms with E-state index in [2.05, 4.69) is 23.5 Å². The minimum Gasteiger partial charge on any atom is -0.388 e. The molecule has 0 bridgehead atoms. The van der Waals surface area contributed by atoms with Gasteiger partial charge in [0, 0.05) is 12.7 Å². The molecule has 0 saturated carbocycles. The molecule has 72 valence electrons. The molecule has 0 radical (unpaired) electrons. The van der Waals surface area contributed by atoms with Gasteiger partial charge < -0.3 is 9.84 Å². The lowest BCUT2D eigenvalue weighted by molar-refractivity contribution is 0.393. The van der Waals surface area contributed by atoms with Crippen LogP contribution in [0, 0.1) is 13.8 Å². The van der Waals surface area contributed by atoms with Crippen molar-refractivity contribution in [1.82, 2.24) is 10.5 Å². The number of hydrogen-bond donors (Lipinski definition) is 1. The topological polar surface area (TPSA) is 38.1 Å². The Morgan fingerprint density at radius 2 is 2.23 bits per heavy atom. The number of rotatable bonds is 3. The standard InChI is InChI=1S/C10H16N2O/c1-5-6-9(11-4)10-7(2)12-13-8(10)3/h6,11H,5H2,1-4H3/b9-6-. The molecule has 0 spiro atoms. The van der Waals surface area contributed by atoms with Crippen LogP contribution in [0.5, 0.6) is 0 Å². The molecule has 0 fully saturated rings. The van der Waals surface area contributed by atoms with Crippen LogP contribution in [0.3, 0.4) is 0 Å². The predicted octanol–water partition coefficient (Wildman–Crippen LogP) is 2.26. The van der Waals surface area contributed by atoms with Crippen LogP contribution in [0.2, 0.25) is 0 Å². The minimum atomic E-state index is 0.867. The van der Waals surface area contributed by atoms with E-state index in [9.17, 15) is 0 Å². The summed E-state index contributed by atoms with van der Waals surface area (Å²) in [7, 11) is 1.91. The Labute approximate surface area is 78.8 Å². The molecule has 0 amide bonds. The molecule has 1 aromatic heterocycles. The van der Waals surface area contributed by atoms with Crippen molar-refractivity contribution in [3.63, 3.8) is 0 Å². The third-order valence-corrected chi connectivity index (χ3v) is 1.98. The molecule has 3 nitrogen and oxygen atoms in total. The van der Waals surface area contributed by atoms with Crippen molar-refractivity contribution in [3.05, 3.63) is 23.1 Å². The van der Waals surface area contributed by atoms with Crippen LogP contribution < -0.4 is 5.32 Å². The Morgan fingerprint density at radius 3 is 2.62 bits per heavy atom. The highest BCUT2D eigenvalue weighted by Crippen LogP contribution is 2.20. The number of aryl methyl sites for hydroxylation is 2. The fraction of sp³-hybridized carbons (Fsp3) is 0.500. The summed E-state index contributed by atoms with van der Waals surface area (Å²) >= 11 is 0. The summed E-state index contributed by atoms with van der Waals surface area (Å²) in [6.07, 6.45) is 3.13. The van der Waals surface area contributed by atoms with Gasteiger partial charge >= 0.3 is 0 Å². The average Bonchev–Trinajstić information content (AvgIpc) is 2.43. The highest BCUT2D eigenvalue weighted by Gasteiger charge is 2.11. The molecule has 1 N–H and O–H groups in total. The second-order valence-corrected chi connectivity index (χ2v) is 2.98. The second-order valence-electron chi connectivity index (χ2n) is 2.98. The van der Waals surface area contributed by atoms with Gasteiger partial charge in [0.25, 0.3) is 0 Å². The van der Waals surface area contributed by atoms with Crippen molar-refractivity contribution in [2.24, 2.45) is 0 Å². The smallest absolute Gasteiger partial charge is 0.143 e. The first-order chi connectivity index (χ1) is 6.20. The largest absolute Gasteiger partial charge is 0.388 e. The van der Waals surface area contributed by atoms with Gasteiger partial charge in [0.05, 0.1) is 11.3 Å². The van der Waals surface area contributed by atoms with Gasteiger partial charge in [0.2, 0.25) is 0 Å². The maximum absolute atomic E-state index is 5.09. The summed E-state index contributed by atoms with van der Waals surface area (Å²) in [4.78, 5) is 0. The van der Waals surface area contributed by atoms with Crippen LogP contribution in [-0.4, -0.2) is 12.2 Å². The van der Waals surface area contributed by atoms with Gasteiger partial charge in [0.1, 0.15) is 5.76 Å². The van der Waals surface area contributed by atoms with Crippen LogP contribution in [0.25, 0.3) is 5.70 Å². The highest BCUT2D eigenvalue weighted by molar-refractivity contribution is 5.66. The van der Waals surface area contributed by atoms with Crippen LogP contribution in [0.4, 0.5) is 0 Å². The Bertz CT molecular complexity index is 293. The van der Waals surface area contributed by atoms with Crippen LogP contribution in [0.1, 0.15) is 30.4 Å². The van der Waals surface area contributed by atoms with Gasteiger partial charge in [-0.2, -0.15) is 0 Å². The summed E-state index contributed by atoms with van der Waals surface area (Å²) in [6.45, 7) is 5.98. The third-order valence-electron chi connectivity index (χ3n) is 1.98. The molecule has 0 atom stereocenters. The Morgan fingerprint density at radius 1 is 1.54 bits per heavy atom. The van der Waals surface area contributed by atoms with E-state index in [1.54, 1.807) is 0 Å². The van der Waals surface area contributed by atoms with Gasteiger partial charge in [-0.15, -0.1) is 0 Å².